The first-order valence-corrected chi connectivity index (χ1v) is 7.50. The Morgan fingerprint density at radius 3 is 2.68 bits per heavy atom. The molecule has 1 aliphatic carbocycles. The van der Waals surface area contributed by atoms with Crippen LogP contribution in [0.3, 0.4) is 0 Å². The van der Waals surface area contributed by atoms with Gasteiger partial charge >= 0.3 is 5.97 Å². The van der Waals surface area contributed by atoms with Crippen molar-refractivity contribution in [3.8, 4) is 0 Å². The zero-order valence-electron chi connectivity index (χ0n) is 10.7. The zero-order chi connectivity index (χ0) is 13.8. The Bertz CT molecular complexity index is 468. The smallest absolute Gasteiger partial charge is 0.325 e. The summed E-state index contributed by atoms with van der Waals surface area (Å²) >= 11 is 7.31. The average molecular weight is 302 g/mol. The van der Waals surface area contributed by atoms with E-state index in [1.165, 1.54) is 18.4 Å². The van der Waals surface area contributed by atoms with Gasteiger partial charge < -0.3 is 9.64 Å². The maximum Gasteiger partial charge on any atom is 0.325 e. The summed E-state index contributed by atoms with van der Waals surface area (Å²) in [4.78, 5) is 26.1. The molecule has 0 atom stereocenters. The fourth-order valence-corrected chi connectivity index (χ4v) is 3.45. The molecule has 0 bridgehead atoms. The van der Waals surface area contributed by atoms with Crippen LogP contribution in [0.15, 0.2) is 11.4 Å². The molecule has 1 aliphatic rings. The number of rotatable bonds is 4. The Hall–Kier alpha value is -1.07. The van der Waals surface area contributed by atoms with E-state index in [9.17, 15) is 9.59 Å². The lowest BCUT2D eigenvalue weighted by Crippen LogP contribution is -2.42. The lowest BCUT2D eigenvalue weighted by Gasteiger charge is -2.27. The topological polar surface area (TPSA) is 46.6 Å². The molecule has 0 aromatic carbocycles. The number of amides is 1. The van der Waals surface area contributed by atoms with Crippen LogP contribution < -0.4 is 0 Å². The molecule has 1 heterocycles. The van der Waals surface area contributed by atoms with Crippen LogP contribution in [0.5, 0.6) is 0 Å². The number of nitrogens with zero attached hydrogens (tertiary/aromatic N) is 1. The molecule has 0 spiro atoms. The van der Waals surface area contributed by atoms with E-state index in [4.69, 9.17) is 11.6 Å². The highest BCUT2D eigenvalue weighted by Gasteiger charge is 2.30. The lowest BCUT2D eigenvalue weighted by atomic mass is 10.2. The van der Waals surface area contributed by atoms with Crippen LogP contribution in [0.1, 0.15) is 35.4 Å². The van der Waals surface area contributed by atoms with Gasteiger partial charge in [-0.2, -0.15) is 0 Å². The Balaban J connectivity index is 2.18. The van der Waals surface area contributed by atoms with Crippen molar-refractivity contribution >= 4 is 34.8 Å². The van der Waals surface area contributed by atoms with Crippen molar-refractivity contribution in [2.75, 3.05) is 13.7 Å². The third kappa shape index (κ3) is 3.28. The fraction of sp³-hybridized carbons (Fsp3) is 0.538. The van der Waals surface area contributed by atoms with Crippen molar-refractivity contribution in [2.45, 2.75) is 31.7 Å². The average Bonchev–Trinajstić information content (AvgIpc) is 3.05. The summed E-state index contributed by atoms with van der Waals surface area (Å²) in [6.45, 7) is -0.00573. The number of thiophene rings is 1. The molecule has 4 nitrogen and oxygen atoms in total. The van der Waals surface area contributed by atoms with Crippen LogP contribution in [-0.4, -0.2) is 36.5 Å². The molecule has 0 unspecified atom stereocenters. The second kappa shape index (κ2) is 6.39. The van der Waals surface area contributed by atoms with Crippen molar-refractivity contribution < 1.29 is 14.3 Å². The molecule has 1 amide bonds. The molecule has 0 radical (unpaired) electrons. The normalized spacial score (nSPS) is 15.5. The largest absolute Gasteiger partial charge is 0.468 e. The highest BCUT2D eigenvalue weighted by atomic mass is 35.5. The number of carbonyl (C=O) groups is 2. The van der Waals surface area contributed by atoms with Crippen LogP contribution in [0, 0.1) is 0 Å². The Kier molecular flexibility index (Phi) is 4.82. The molecule has 19 heavy (non-hydrogen) atoms. The third-order valence-electron chi connectivity index (χ3n) is 3.36. The lowest BCUT2D eigenvalue weighted by molar-refractivity contribution is -0.141. The first-order chi connectivity index (χ1) is 9.13. The summed E-state index contributed by atoms with van der Waals surface area (Å²) in [7, 11) is 1.33. The molecule has 1 saturated carbocycles. The van der Waals surface area contributed by atoms with Gasteiger partial charge in [0, 0.05) is 6.04 Å². The number of esters is 1. The van der Waals surface area contributed by atoms with Crippen molar-refractivity contribution in [1.29, 1.82) is 0 Å². The van der Waals surface area contributed by atoms with Crippen LogP contribution >= 0.6 is 22.9 Å². The monoisotopic (exact) mass is 301 g/mol. The Morgan fingerprint density at radius 1 is 1.47 bits per heavy atom. The Labute approximate surface area is 121 Å². The van der Waals surface area contributed by atoms with Crippen molar-refractivity contribution in [3.05, 3.63) is 21.3 Å². The van der Waals surface area contributed by atoms with E-state index >= 15 is 0 Å². The van der Waals surface area contributed by atoms with Crippen LogP contribution in [-0.2, 0) is 9.53 Å². The van der Waals surface area contributed by atoms with Crippen LogP contribution in [0.25, 0.3) is 0 Å². The van der Waals surface area contributed by atoms with Gasteiger partial charge in [0.2, 0.25) is 0 Å². The van der Waals surface area contributed by atoms with Gasteiger partial charge in [-0.15, -0.1) is 11.3 Å². The highest BCUT2D eigenvalue weighted by Crippen LogP contribution is 2.29. The van der Waals surface area contributed by atoms with Gasteiger partial charge in [-0.1, -0.05) is 24.4 Å². The first kappa shape index (κ1) is 14.3. The van der Waals surface area contributed by atoms with Crippen molar-refractivity contribution in [3.63, 3.8) is 0 Å². The first-order valence-electron chi connectivity index (χ1n) is 6.24. The number of hydrogen-bond donors (Lipinski definition) is 0. The number of halogens is 1. The van der Waals surface area contributed by atoms with E-state index in [2.05, 4.69) is 4.74 Å². The molecule has 6 heteroatoms. The van der Waals surface area contributed by atoms with Gasteiger partial charge in [-0.25, -0.2) is 0 Å². The third-order valence-corrected chi connectivity index (χ3v) is 4.69. The molecule has 0 N–H and O–H groups in total. The zero-order valence-corrected chi connectivity index (χ0v) is 12.3. The van der Waals surface area contributed by atoms with Gasteiger partial charge in [0.15, 0.2) is 0 Å². The number of ether oxygens (including phenoxy) is 1. The molecule has 1 aromatic heterocycles. The Morgan fingerprint density at radius 2 is 2.16 bits per heavy atom. The standard InChI is InChI=1S/C13H16ClNO3S/c1-18-11(16)8-15(9-4-2-3-5-9)13(17)12-10(14)6-7-19-12/h6-7,9H,2-5,8H2,1H3. The number of methoxy groups -OCH3 is 1. The maximum absolute atomic E-state index is 12.5. The summed E-state index contributed by atoms with van der Waals surface area (Å²) < 4.78 is 4.68. The van der Waals surface area contributed by atoms with Gasteiger partial charge in [0.25, 0.3) is 5.91 Å². The van der Waals surface area contributed by atoms with E-state index in [1.807, 2.05) is 0 Å². The molecular formula is C13H16ClNO3S. The minimum atomic E-state index is -0.395. The van der Waals surface area contributed by atoms with Crippen molar-refractivity contribution in [2.24, 2.45) is 0 Å². The predicted molar refractivity (Wildman–Crippen MR) is 74.6 cm³/mol. The molecule has 1 aromatic rings. The minimum Gasteiger partial charge on any atom is -0.468 e. The molecule has 1 fully saturated rings. The van der Waals surface area contributed by atoms with Gasteiger partial charge in [0.1, 0.15) is 11.4 Å². The van der Waals surface area contributed by atoms with E-state index in [1.54, 1.807) is 16.3 Å². The summed E-state index contributed by atoms with van der Waals surface area (Å²) in [5.74, 6) is -0.565. The molecule has 0 saturated heterocycles. The second-order valence-corrected chi connectivity index (χ2v) is 5.87. The summed E-state index contributed by atoms with van der Waals surface area (Å²) in [6.07, 6.45) is 4.05. The van der Waals surface area contributed by atoms with Gasteiger partial charge in [-0.05, 0) is 24.3 Å². The van der Waals surface area contributed by atoms with E-state index < -0.39 is 5.97 Å². The highest BCUT2D eigenvalue weighted by molar-refractivity contribution is 7.12. The van der Waals surface area contributed by atoms with Gasteiger partial charge in [0.05, 0.1) is 12.1 Å². The summed E-state index contributed by atoms with van der Waals surface area (Å²) in [5.41, 5.74) is 0. The second-order valence-electron chi connectivity index (χ2n) is 4.55. The maximum atomic E-state index is 12.5. The quantitative estimate of drug-likeness (QED) is 0.803. The molecule has 2 rings (SSSR count). The van der Waals surface area contributed by atoms with Gasteiger partial charge in [-0.3, -0.25) is 9.59 Å². The predicted octanol–water partition coefficient (Wildman–Crippen LogP) is 2.96. The van der Waals surface area contributed by atoms with E-state index in [-0.39, 0.29) is 18.5 Å². The van der Waals surface area contributed by atoms with E-state index in [0.717, 1.165) is 25.7 Å². The van der Waals surface area contributed by atoms with Crippen LogP contribution in [0.2, 0.25) is 5.02 Å². The number of hydrogen-bond acceptors (Lipinski definition) is 4. The molecule has 0 aliphatic heterocycles. The minimum absolute atomic E-state index is 0.00573. The summed E-state index contributed by atoms with van der Waals surface area (Å²) in [6, 6.07) is 1.81. The number of carbonyl (C=O) groups excluding carboxylic acids is 2. The van der Waals surface area contributed by atoms with Crippen LogP contribution in [0.4, 0.5) is 0 Å². The SMILES string of the molecule is COC(=O)CN(C(=O)c1sccc1Cl)C1CCCC1. The molecule has 104 valence electrons. The fourth-order valence-electron chi connectivity index (χ4n) is 2.36. The van der Waals surface area contributed by atoms with E-state index in [0.29, 0.717) is 9.90 Å². The van der Waals surface area contributed by atoms with Crippen molar-refractivity contribution in [1.82, 2.24) is 4.90 Å². The summed E-state index contributed by atoms with van der Waals surface area (Å²) in [5, 5.41) is 2.23. The molecular weight excluding hydrogens is 286 g/mol.